The zero-order chi connectivity index (χ0) is 20.0. The van der Waals surface area contributed by atoms with Gasteiger partial charge in [0.05, 0.1) is 17.5 Å². The molecule has 0 saturated carbocycles. The Balaban J connectivity index is 1.43. The molecule has 2 amide bonds. The van der Waals surface area contributed by atoms with Crippen molar-refractivity contribution in [2.45, 2.75) is 36.6 Å². The summed E-state index contributed by atoms with van der Waals surface area (Å²) >= 11 is 0. The van der Waals surface area contributed by atoms with Gasteiger partial charge < -0.3 is 15.0 Å². The van der Waals surface area contributed by atoms with Crippen LogP contribution in [0.3, 0.4) is 0 Å². The molecule has 0 aromatic heterocycles. The van der Waals surface area contributed by atoms with E-state index in [2.05, 4.69) is 5.32 Å². The van der Waals surface area contributed by atoms with Gasteiger partial charge in [-0.1, -0.05) is 18.2 Å². The number of benzene rings is 1. The maximum Gasteiger partial charge on any atom is 0.243 e. The first-order chi connectivity index (χ1) is 13.5. The van der Waals surface area contributed by atoms with E-state index in [0.29, 0.717) is 19.7 Å². The van der Waals surface area contributed by atoms with Crippen LogP contribution < -0.4 is 5.32 Å². The number of sulfonamides is 1. The highest BCUT2D eigenvalue weighted by Gasteiger charge is 2.30. The molecule has 0 radical (unpaired) electrons. The highest BCUT2D eigenvalue weighted by Crippen LogP contribution is 2.17. The Morgan fingerprint density at radius 1 is 1.07 bits per heavy atom. The molecule has 28 heavy (non-hydrogen) atoms. The van der Waals surface area contributed by atoms with Crippen LogP contribution in [0.15, 0.2) is 35.2 Å². The highest BCUT2D eigenvalue weighted by atomic mass is 32.2. The topological polar surface area (TPSA) is 96.0 Å². The van der Waals surface area contributed by atoms with Crippen molar-refractivity contribution < 1.29 is 22.7 Å². The molecule has 1 aromatic carbocycles. The number of nitrogens with zero attached hydrogens (tertiary/aromatic N) is 2. The minimum Gasteiger partial charge on any atom is -0.379 e. The number of hydrogen-bond donors (Lipinski definition) is 1. The van der Waals surface area contributed by atoms with Gasteiger partial charge in [-0.05, 0) is 25.0 Å². The molecule has 0 aliphatic carbocycles. The van der Waals surface area contributed by atoms with Crippen LogP contribution in [-0.2, 0) is 24.3 Å². The van der Waals surface area contributed by atoms with Crippen molar-refractivity contribution in [1.82, 2.24) is 14.5 Å². The summed E-state index contributed by atoms with van der Waals surface area (Å²) in [6.07, 6.45) is 2.10. The van der Waals surface area contributed by atoms with Gasteiger partial charge in [0, 0.05) is 45.6 Å². The minimum absolute atomic E-state index is 0.0306. The first kappa shape index (κ1) is 20.8. The van der Waals surface area contributed by atoms with Crippen LogP contribution in [0.1, 0.15) is 25.7 Å². The molecule has 1 unspecified atom stereocenters. The van der Waals surface area contributed by atoms with E-state index in [9.17, 15) is 18.0 Å². The number of carbonyl (C=O) groups is 2. The van der Waals surface area contributed by atoms with Gasteiger partial charge >= 0.3 is 0 Å². The van der Waals surface area contributed by atoms with E-state index >= 15 is 0 Å². The normalized spacial score (nSPS) is 21.3. The first-order valence-electron chi connectivity index (χ1n) is 9.67. The monoisotopic (exact) mass is 409 g/mol. The average molecular weight is 410 g/mol. The highest BCUT2D eigenvalue weighted by molar-refractivity contribution is 7.89. The van der Waals surface area contributed by atoms with Gasteiger partial charge in [-0.3, -0.25) is 9.59 Å². The van der Waals surface area contributed by atoms with Crippen molar-refractivity contribution in [3.8, 4) is 0 Å². The van der Waals surface area contributed by atoms with Crippen molar-refractivity contribution in [2.75, 3.05) is 39.4 Å². The van der Waals surface area contributed by atoms with Gasteiger partial charge in [0.1, 0.15) is 0 Å². The van der Waals surface area contributed by atoms with E-state index in [-0.39, 0.29) is 48.7 Å². The Morgan fingerprint density at radius 2 is 1.79 bits per heavy atom. The van der Waals surface area contributed by atoms with Crippen LogP contribution in [0.4, 0.5) is 0 Å². The Kier molecular flexibility index (Phi) is 7.03. The minimum atomic E-state index is -3.53. The fraction of sp³-hybridized carbons (Fsp3) is 0.579. The van der Waals surface area contributed by atoms with Crippen molar-refractivity contribution >= 4 is 21.8 Å². The number of hydrogen-bond acceptors (Lipinski definition) is 5. The molecular weight excluding hydrogens is 382 g/mol. The molecule has 2 saturated heterocycles. The predicted octanol–water partition coefficient (Wildman–Crippen LogP) is 0.595. The second kappa shape index (κ2) is 9.49. The smallest absolute Gasteiger partial charge is 0.243 e. The van der Waals surface area contributed by atoms with Crippen LogP contribution in [0.25, 0.3) is 0 Å². The quantitative estimate of drug-likeness (QED) is 0.742. The molecule has 154 valence electrons. The first-order valence-corrected chi connectivity index (χ1v) is 11.1. The summed E-state index contributed by atoms with van der Waals surface area (Å²) in [4.78, 5) is 26.3. The lowest BCUT2D eigenvalue weighted by atomic mass is 10.1. The van der Waals surface area contributed by atoms with Gasteiger partial charge in [0.25, 0.3) is 0 Å². The molecule has 9 heteroatoms. The summed E-state index contributed by atoms with van der Waals surface area (Å²) in [5.41, 5.74) is 0. The van der Waals surface area contributed by atoms with E-state index < -0.39 is 10.0 Å². The lowest BCUT2D eigenvalue weighted by molar-refractivity contribution is -0.134. The largest absolute Gasteiger partial charge is 0.379 e. The molecule has 2 aliphatic heterocycles. The SMILES string of the molecule is O=C(CCC(=O)N1CCN(S(=O)(=O)c2ccccc2)CC1)NC1CCCOC1. The summed E-state index contributed by atoms with van der Waals surface area (Å²) < 4.78 is 32.0. The zero-order valence-corrected chi connectivity index (χ0v) is 16.7. The second-order valence-electron chi connectivity index (χ2n) is 7.08. The van der Waals surface area contributed by atoms with Crippen molar-refractivity contribution in [1.29, 1.82) is 0 Å². The maximum atomic E-state index is 12.6. The lowest BCUT2D eigenvalue weighted by Gasteiger charge is -2.34. The molecule has 3 rings (SSSR count). The van der Waals surface area contributed by atoms with E-state index in [1.54, 1.807) is 35.2 Å². The Bertz CT molecular complexity index is 770. The second-order valence-corrected chi connectivity index (χ2v) is 9.02. The molecular formula is C19H27N3O5S. The van der Waals surface area contributed by atoms with Crippen molar-refractivity contribution in [3.05, 3.63) is 30.3 Å². The fourth-order valence-electron chi connectivity index (χ4n) is 3.45. The molecule has 0 bridgehead atoms. The maximum absolute atomic E-state index is 12.6. The van der Waals surface area contributed by atoms with Gasteiger partial charge in [-0.2, -0.15) is 4.31 Å². The fourth-order valence-corrected chi connectivity index (χ4v) is 4.90. The third-order valence-corrected chi connectivity index (χ3v) is 6.98. The number of nitrogens with one attached hydrogen (secondary N) is 1. The standard InChI is InChI=1S/C19H27N3O5S/c23-18(20-16-5-4-14-27-15-16)8-9-19(24)21-10-12-22(13-11-21)28(25,26)17-6-2-1-3-7-17/h1-3,6-7,16H,4-5,8-15H2,(H,20,23). The third kappa shape index (κ3) is 5.30. The summed E-state index contributed by atoms with van der Waals surface area (Å²) in [6.45, 7) is 2.45. The van der Waals surface area contributed by atoms with Gasteiger partial charge in [-0.25, -0.2) is 8.42 Å². The van der Waals surface area contributed by atoms with Crippen molar-refractivity contribution in [3.63, 3.8) is 0 Å². The van der Waals surface area contributed by atoms with E-state index in [0.717, 1.165) is 19.4 Å². The molecule has 1 aromatic rings. The average Bonchev–Trinajstić information content (AvgIpc) is 2.73. The van der Waals surface area contributed by atoms with Gasteiger partial charge in [-0.15, -0.1) is 0 Å². The number of piperazine rings is 1. The lowest BCUT2D eigenvalue weighted by Crippen LogP contribution is -2.50. The molecule has 1 N–H and O–H groups in total. The van der Waals surface area contributed by atoms with Crippen molar-refractivity contribution in [2.24, 2.45) is 0 Å². The molecule has 2 heterocycles. The molecule has 2 fully saturated rings. The third-order valence-electron chi connectivity index (χ3n) is 5.06. The number of amides is 2. The predicted molar refractivity (Wildman–Crippen MR) is 103 cm³/mol. The molecule has 2 aliphatic rings. The molecule has 0 spiro atoms. The van der Waals surface area contributed by atoms with E-state index in [1.807, 2.05) is 0 Å². The van der Waals surface area contributed by atoms with Crippen LogP contribution in [0, 0.1) is 0 Å². The van der Waals surface area contributed by atoms with Crippen LogP contribution in [0.5, 0.6) is 0 Å². The Hall–Kier alpha value is -1.97. The summed E-state index contributed by atoms with van der Waals surface area (Å²) in [5, 5.41) is 2.90. The molecule has 1 atom stereocenters. The van der Waals surface area contributed by atoms with Gasteiger partial charge in [0.2, 0.25) is 21.8 Å². The zero-order valence-electron chi connectivity index (χ0n) is 15.9. The number of ether oxygens (including phenoxy) is 1. The number of rotatable bonds is 6. The van der Waals surface area contributed by atoms with Crippen LogP contribution >= 0.6 is 0 Å². The Morgan fingerprint density at radius 3 is 2.43 bits per heavy atom. The summed E-state index contributed by atoms with van der Waals surface area (Å²) in [6, 6.07) is 8.33. The number of carbonyl (C=O) groups excluding carboxylic acids is 2. The summed E-state index contributed by atoms with van der Waals surface area (Å²) in [7, 11) is -3.53. The summed E-state index contributed by atoms with van der Waals surface area (Å²) in [5.74, 6) is -0.263. The van der Waals surface area contributed by atoms with Gasteiger partial charge in [0.15, 0.2) is 0 Å². The van der Waals surface area contributed by atoms with E-state index in [1.165, 1.54) is 4.31 Å². The van der Waals surface area contributed by atoms with E-state index in [4.69, 9.17) is 4.74 Å². The Labute approximate surface area is 165 Å². The van der Waals surface area contributed by atoms with Crippen LogP contribution in [-0.4, -0.2) is 74.9 Å². The van der Waals surface area contributed by atoms with Crippen LogP contribution in [0.2, 0.25) is 0 Å². The molecule has 8 nitrogen and oxygen atoms in total.